The molecule has 0 N–H and O–H groups in total. The predicted molar refractivity (Wildman–Crippen MR) is 99.6 cm³/mol. The monoisotopic (exact) mass is 351 g/mol. The zero-order chi connectivity index (χ0) is 18.1. The molecule has 3 aromatic heterocycles. The van der Waals surface area contributed by atoms with Gasteiger partial charge in [0.25, 0.3) is 5.91 Å². The van der Waals surface area contributed by atoms with Gasteiger partial charge < -0.3 is 19.1 Å². The highest BCUT2D eigenvalue weighted by atomic mass is 16.5. The first-order valence-electron chi connectivity index (χ1n) is 8.62. The molecule has 1 amide bonds. The Morgan fingerprint density at radius 2 is 1.88 bits per heavy atom. The number of hydrogen-bond acceptors (Lipinski definition) is 5. The molecule has 0 spiro atoms. The van der Waals surface area contributed by atoms with Crippen molar-refractivity contribution in [3.8, 4) is 5.88 Å². The number of aryl methyl sites for hydroxylation is 1. The van der Waals surface area contributed by atoms with Crippen LogP contribution in [0.3, 0.4) is 0 Å². The second-order valence-corrected chi connectivity index (χ2v) is 6.37. The Kier molecular flexibility index (Phi) is 4.20. The Balaban J connectivity index is 1.44. The molecule has 4 heterocycles. The normalized spacial score (nSPS) is 14.7. The van der Waals surface area contributed by atoms with Crippen molar-refractivity contribution in [3.63, 3.8) is 0 Å². The molecule has 0 aliphatic carbocycles. The van der Waals surface area contributed by atoms with Crippen molar-refractivity contribution in [3.05, 3.63) is 48.4 Å². The van der Waals surface area contributed by atoms with Crippen molar-refractivity contribution in [1.82, 2.24) is 19.4 Å². The summed E-state index contributed by atoms with van der Waals surface area (Å²) in [5.41, 5.74) is 2.37. The lowest BCUT2D eigenvalue weighted by Gasteiger charge is -2.35. The van der Waals surface area contributed by atoms with E-state index < -0.39 is 0 Å². The Morgan fingerprint density at radius 1 is 1.08 bits per heavy atom. The smallest absolute Gasteiger partial charge is 0.272 e. The highest BCUT2D eigenvalue weighted by Crippen LogP contribution is 2.19. The molecular formula is C19H21N5O2. The fourth-order valence-corrected chi connectivity index (χ4v) is 3.26. The zero-order valence-corrected chi connectivity index (χ0v) is 14.9. The van der Waals surface area contributed by atoms with Crippen LogP contribution < -0.4 is 9.64 Å². The van der Waals surface area contributed by atoms with Gasteiger partial charge in [0.05, 0.1) is 19.0 Å². The summed E-state index contributed by atoms with van der Waals surface area (Å²) in [5, 5.41) is 1.04. The summed E-state index contributed by atoms with van der Waals surface area (Å²) in [5.74, 6) is 0.588. The van der Waals surface area contributed by atoms with Crippen LogP contribution in [0.5, 0.6) is 5.88 Å². The average molecular weight is 351 g/mol. The molecule has 0 bridgehead atoms. The van der Waals surface area contributed by atoms with Crippen molar-refractivity contribution >= 4 is 22.6 Å². The van der Waals surface area contributed by atoms with Gasteiger partial charge in [0.15, 0.2) is 0 Å². The van der Waals surface area contributed by atoms with Crippen LogP contribution in [-0.2, 0) is 7.05 Å². The van der Waals surface area contributed by atoms with E-state index in [1.54, 1.807) is 13.3 Å². The zero-order valence-electron chi connectivity index (χ0n) is 14.9. The van der Waals surface area contributed by atoms with Crippen molar-refractivity contribution in [2.45, 2.75) is 0 Å². The van der Waals surface area contributed by atoms with Gasteiger partial charge in [-0.15, -0.1) is 0 Å². The molecule has 134 valence electrons. The third kappa shape index (κ3) is 2.96. The van der Waals surface area contributed by atoms with Crippen LogP contribution in [-0.4, -0.2) is 58.6 Å². The molecule has 1 aliphatic rings. The quantitative estimate of drug-likeness (QED) is 0.722. The molecule has 0 radical (unpaired) electrons. The number of rotatable bonds is 3. The summed E-state index contributed by atoms with van der Waals surface area (Å²) in [7, 11) is 3.54. The van der Waals surface area contributed by atoms with Gasteiger partial charge in [0.2, 0.25) is 5.88 Å². The van der Waals surface area contributed by atoms with Gasteiger partial charge in [-0.05, 0) is 24.3 Å². The number of carbonyl (C=O) groups is 1. The first-order chi connectivity index (χ1) is 12.7. The summed E-state index contributed by atoms with van der Waals surface area (Å²) in [6.07, 6.45) is 3.76. The minimum Gasteiger partial charge on any atom is -0.481 e. The van der Waals surface area contributed by atoms with Crippen LogP contribution in [0.15, 0.2) is 42.7 Å². The summed E-state index contributed by atoms with van der Waals surface area (Å²) in [6.45, 7) is 2.87. The van der Waals surface area contributed by atoms with Gasteiger partial charge in [-0.2, -0.15) is 0 Å². The molecule has 0 atom stereocenters. The van der Waals surface area contributed by atoms with E-state index in [2.05, 4.69) is 14.9 Å². The Hall–Kier alpha value is -3.09. The predicted octanol–water partition coefficient (Wildman–Crippen LogP) is 1.94. The number of fused-ring (bicyclic) bond motifs is 1. The third-order valence-corrected chi connectivity index (χ3v) is 4.80. The van der Waals surface area contributed by atoms with E-state index in [9.17, 15) is 4.79 Å². The van der Waals surface area contributed by atoms with E-state index in [0.29, 0.717) is 24.7 Å². The molecule has 0 aromatic carbocycles. The molecule has 1 aliphatic heterocycles. The largest absolute Gasteiger partial charge is 0.481 e. The summed E-state index contributed by atoms with van der Waals surface area (Å²) < 4.78 is 7.03. The van der Waals surface area contributed by atoms with Crippen LogP contribution >= 0.6 is 0 Å². The molecule has 0 unspecified atom stereocenters. The number of pyridine rings is 2. The molecule has 26 heavy (non-hydrogen) atoms. The van der Waals surface area contributed by atoms with Gasteiger partial charge in [-0.25, -0.2) is 9.97 Å². The fraction of sp³-hybridized carbons (Fsp3) is 0.316. The second kappa shape index (κ2) is 6.67. The molecular weight excluding hydrogens is 330 g/mol. The first-order valence-corrected chi connectivity index (χ1v) is 8.62. The SMILES string of the molecule is COc1ccc(N2CCN(C(=O)c3ccc4ccn(C)c4n3)CC2)cn1. The van der Waals surface area contributed by atoms with E-state index >= 15 is 0 Å². The van der Waals surface area contributed by atoms with Crippen LogP contribution in [0, 0.1) is 0 Å². The van der Waals surface area contributed by atoms with E-state index in [4.69, 9.17) is 4.74 Å². The highest BCUT2D eigenvalue weighted by Gasteiger charge is 2.23. The van der Waals surface area contributed by atoms with Crippen LogP contribution in [0.2, 0.25) is 0 Å². The van der Waals surface area contributed by atoms with Crippen LogP contribution in [0.25, 0.3) is 11.0 Å². The maximum Gasteiger partial charge on any atom is 0.272 e. The van der Waals surface area contributed by atoms with Crippen LogP contribution in [0.1, 0.15) is 10.5 Å². The van der Waals surface area contributed by atoms with Gasteiger partial charge in [-0.1, -0.05) is 0 Å². The fourth-order valence-electron chi connectivity index (χ4n) is 3.26. The molecule has 7 heteroatoms. The molecule has 4 rings (SSSR count). The van der Waals surface area contributed by atoms with Crippen LogP contribution in [0.4, 0.5) is 5.69 Å². The highest BCUT2D eigenvalue weighted by molar-refractivity contribution is 5.94. The van der Waals surface area contributed by atoms with Gasteiger partial charge in [0.1, 0.15) is 11.3 Å². The maximum atomic E-state index is 12.8. The lowest BCUT2D eigenvalue weighted by molar-refractivity contribution is 0.0741. The molecule has 7 nitrogen and oxygen atoms in total. The maximum absolute atomic E-state index is 12.8. The number of anilines is 1. The van der Waals surface area contributed by atoms with Crippen molar-refractivity contribution in [2.75, 3.05) is 38.2 Å². The number of nitrogens with zero attached hydrogens (tertiary/aromatic N) is 5. The van der Waals surface area contributed by atoms with E-state index in [1.807, 2.05) is 53.0 Å². The third-order valence-electron chi connectivity index (χ3n) is 4.80. The van der Waals surface area contributed by atoms with E-state index in [0.717, 1.165) is 29.8 Å². The second-order valence-electron chi connectivity index (χ2n) is 6.37. The molecule has 1 saturated heterocycles. The number of carbonyl (C=O) groups excluding carboxylic acids is 1. The summed E-state index contributed by atoms with van der Waals surface area (Å²) in [4.78, 5) is 25.7. The minimum atomic E-state index is -0.0133. The Bertz CT molecular complexity index is 927. The number of ether oxygens (including phenoxy) is 1. The van der Waals surface area contributed by atoms with Gasteiger partial charge in [0, 0.05) is 50.9 Å². The topological polar surface area (TPSA) is 63.5 Å². The minimum absolute atomic E-state index is 0.0133. The number of aromatic nitrogens is 3. The van der Waals surface area contributed by atoms with Gasteiger partial charge >= 0.3 is 0 Å². The lowest BCUT2D eigenvalue weighted by atomic mass is 10.2. The van der Waals surface area contributed by atoms with Crippen molar-refractivity contribution < 1.29 is 9.53 Å². The number of methoxy groups -OCH3 is 1. The Morgan fingerprint density at radius 3 is 2.58 bits per heavy atom. The van der Waals surface area contributed by atoms with E-state index in [1.165, 1.54) is 0 Å². The molecule has 3 aromatic rings. The molecule has 1 fully saturated rings. The molecule has 0 saturated carbocycles. The summed E-state index contributed by atoms with van der Waals surface area (Å²) in [6, 6.07) is 9.61. The van der Waals surface area contributed by atoms with E-state index in [-0.39, 0.29) is 5.91 Å². The van der Waals surface area contributed by atoms with Gasteiger partial charge in [-0.3, -0.25) is 4.79 Å². The van der Waals surface area contributed by atoms with Crippen molar-refractivity contribution in [2.24, 2.45) is 7.05 Å². The average Bonchev–Trinajstić information content (AvgIpc) is 3.08. The lowest BCUT2D eigenvalue weighted by Crippen LogP contribution is -2.49. The standard InChI is InChI=1S/C19H21N5O2/c1-22-8-7-14-3-5-16(21-18(14)22)19(25)24-11-9-23(10-12-24)15-4-6-17(26-2)20-13-15/h3-8,13H,9-12H2,1-2H3. The number of amides is 1. The Labute approximate surface area is 151 Å². The first kappa shape index (κ1) is 16.4. The number of piperazine rings is 1. The summed E-state index contributed by atoms with van der Waals surface area (Å²) >= 11 is 0. The number of hydrogen-bond donors (Lipinski definition) is 0. The van der Waals surface area contributed by atoms with Crippen molar-refractivity contribution in [1.29, 1.82) is 0 Å².